The van der Waals surface area contributed by atoms with Gasteiger partial charge in [-0.05, 0) is 40.6 Å². The summed E-state index contributed by atoms with van der Waals surface area (Å²) >= 11 is 0. The first-order valence-electron chi connectivity index (χ1n) is 9.14. The van der Waals surface area contributed by atoms with Crippen molar-refractivity contribution in [2.24, 2.45) is 0 Å². The van der Waals surface area contributed by atoms with Crippen molar-refractivity contribution in [1.82, 2.24) is 20.1 Å². The predicted octanol–water partition coefficient (Wildman–Crippen LogP) is 1.20. The minimum Gasteiger partial charge on any atom is -0.391 e. The van der Waals surface area contributed by atoms with Crippen molar-refractivity contribution in [3.63, 3.8) is 0 Å². The first-order valence-corrected chi connectivity index (χ1v) is 9.14. The highest BCUT2D eigenvalue weighted by molar-refractivity contribution is 5.76. The normalized spacial score (nSPS) is 17.1. The summed E-state index contributed by atoms with van der Waals surface area (Å²) in [5.41, 5.74) is 0.453. The van der Waals surface area contributed by atoms with Crippen LogP contribution in [0.3, 0.4) is 0 Å². The van der Waals surface area contributed by atoms with Crippen LogP contribution in [0, 0.1) is 0 Å². The number of fused-ring (bicyclic) bond motifs is 1. The van der Waals surface area contributed by atoms with Crippen molar-refractivity contribution >= 4 is 10.9 Å². The van der Waals surface area contributed by atoms with Crippen molar-refractivity contribution in [3.05, 3.63) is 70.5 Å². The van der Waals surface area contributed by atoms with Crippen LogP contribution >= 0.6 is 0 Å². The lowest BCUT2D eigenvalue weighted by Crippen LogP contribution is -2.44. The molecule has 3 aromatic rings. The van der Waals surface area contributed by atoms with Gasteiger partial charge in [-0.3, -0.25) is 9.69 Å². The van der Waals surface area contributed by atoms with Gasteiger partial charge in [0.2, 0.25) is 0 Å². The third kappa shape index (κ3) is 3.70. The molecule has 1 aromatic heterocycles. The molecule has 0 aliphatic carbocycles. The molecule has 1 saturated heterocycles. The number of hydrogen-bond donors (Lipinski definition) is 1. The summed E-state index contributed by atoms with van der Waals surface area (Å²) in [6.07, 6.45) is 1.35. The largest absolute Gasteiger partial charge is 0.391 e. The number of hydrogen-bond acceptors (Lipinski definition) is 6. The Kier molecular flexibility index (Phi) is 4.87. The van der Waals surface area contributed by atoms with Crippen LogP contribution in [0.25, 0.3) is 10.9 Å². The zero-order valence-corrected chi connectivity index (χ0v) is 15.0. The number of benzene rings is 2. The maximum Gasteiger partial charge on any atom is 0.314 e. The molecule has 2 aromatic carbocycles. The molecule has 0 atom stereocenters. The molecule has 0 radical (unpaired) electrons. The molecule has 0 spiro atoms. The molecule has 1 aliphatic heterocycles. The summed E-state index contributed by atoms with van der Waals surface area (Å²) in [5.74, 6) is 0. The average molecular weight is 366 g/mol. The lowest BCUT2D eigenvalue weighted by Gasteiger charge is -2.38. The molecule has 0 saturated carbocycles. The molecular formula is C20H22N4O3. The van der Waals surface area contributed by atoms with Crippen LogP contribution in [0.5, 0.6) is 0 Å². The van der Waals surface area contributed by atoms with Gasteiger partial charge in [-0.25, -0.2) is 0 Å². The van der Waals surface area contributed by atoms with Crippen LogP contribution in [-0.4, -0.2) is 51.4 Å². The zero-order valence-electron chi connectivity index (χ0n) is 15.0. The van der Waals surface area contributed by atoms with E-state index in [0.29, 0.717) is 36.9 Å². The maximum absolute atomic E-state index is 12.3. The van der Waals surface area contributed by atoms with E-state index in [2.05, 4.69) is 15.2 Å². The number of aliphatic hydroxyl groups is 1. The second-order valence-electron chi connectivity index (χ2n) is 6.86. The summed E-state index contributed by atoms with van der Waals surface area (Å²) in [7, 11) is 0. The van der Waals surface area contributed by atoms with Crippen molar-refractivity contribution < 1.29 is 9.94 Å². The van der Waals surface area contributed by atoms with Gasteiger partial charge in [-0.15, -0.1) is 5.10 Å². The molecule has 0 unspecified atom stereocenters. The topological polar surface area (TPSA) is 80.5 Å². The van der Waals surface area contributed by atoms with Crippen LogP contribution in [-0.2, 0) is 5.60 Å². The Morgan fingerprint density at radius 3 is 2.52 bits per heavy atom. The Bertz CT molecular complexity index is 966. The van der Waals surface area contributed by atoms with E-state index < -0.39 is 5.60 Å². The van der Waals surface area contributed by atoms with Crippen molar-refractivity contribution in [1.29, 1.82) is 0 Å². The third-order valence-corrected chi connectivity index (χ3v) is 5.16. The van der Waals surface area contributed by atoms with Crippen LogP contribution < -0.4 is 10.4 Å². The van der Waals surface area contributed by atoms with Gasteiger partial charge >= 0.3 is 5.56 Å². The smallest absolute Gasteiger partial charge is 0.314 e. The van der Waals surface area contributed by atoms with E-state index in [1.54, 1.807) is 18.2 Å². The Morgan fingerprint density at radius 1 is 1.04 bits per heavy atom. The fourth-order valence-corrected chi connectivity index (χ4v) is 3.50. The molecule has 1 aliphatic rings. The van der Waals surface area contributed by atoms with Gasteiger partial charge in [0.15, 0.2) is 0 Å². The second kappa shape index (κ2) is 7.46. The number of nitrogens with zero attached hydrogens (tertiary/aromatic N) is 4. The fraction of sp³-hybridized carbons (Fsp3) is 0.350. The highest BCUT2D eigenvalue weighted by Gasteiger charge is 2.33. The average Bonchev–Trinajstić information content (AvgIpc) is 2.72. The van der Waals surface area contributed by atoms with Gasteiger partial charge < -0.3 is 9.94 Å². The first kappa shape index (κ1) is 17.6. The van der Waals surface area contributed by atoms with Crippen LogP contribution in [0.4, 0.5) is 0 Å². The lowest BCUT2D eigenvalue weighted by atomic mass is 9.84. The summed E-state index contributed by atoms with van der Waals surface area (Å²) in [5, 5.41) is 19.2. The summed E-state index contributed by atoms with van der Waals surface area (Å²) in [6, 6.07) is 16.9. The van der Waals surface area contributed by atoms with Gasteiger partial charge in [0.25, 0.3) is 0 Å². The molecule has 0 bridgehead atoms. The summed E-state index contributed by atoms with van der Waals surface area (Å²) < 4.78 is 0. The quantitative estimate of drug-likeness (QED) is 0.731. The van der Waals surface area contributed by atoms with Gasteiger partial charge in [0.05, 0.1) is 11.0 Å². The van der Waals surface area contributed by atoms with Crippen LogP contribution in [0.1, 0.15) is 18.4 Å². The van der Waals surface area contributed by atoms with Crippen molar-refractivity contribution in [2.45, 2.75) is 18.4 Å². The standard InChI is InChI=1S/C20H22N4O3/c25-19-17-8-4-5-9-18(17)21-22-24(19)27-15-14-23-12-10-20(26,11-13-23)16-6-2-1-3-7-16/h1-9,26H,10-15H2. The van der Waals surface area contributed by atoms with Gasteiger partial charge in [-0.1, -0.05) is 42.5 Å². The van der Waals surface area contributed by atoms with E-state index in [4.69, 9.17) is 4.84 Å². The second-order valence-corrected chi connectivity index (χ2v) is 6.86. The molecule has 7 nitrogen and oxygen atoms in total. The third-order valence-electron chi connectivity index (χ3n) is 5.16. The van der Waals surface area contributed by atoms with Gasteiger partial charge in [-0.2, -0.15) is 0 Å². The Labute approximate surface area is 156 Å². The highest BCUT2D eigenvalue weighted by Crippen LogP contribution is 2.32. The first-order chi connectivity index (χ1) is 13.2. The number of likely N-dealkylation sites (tertiary alicyclic amines) is 1. The van der Waals surface area contributed by atoms with E-state index in [1.807, 2.05) is 36.4 Å². The molecule has 140 valence electrons. The predicted molar refractivity (Wildman–Crippen MR) is 101 cm³/mol. The van der Waals surface area contributed by atoms with E-state index in [9.17, 15) is 9.90 Å². The van der Waals surface area contributed by atoms with E-state index in [0.717, 1.165) is 23.5 Å². The highest BCUT2D eigenvalue weighted by atomic mass is 16.7. The van der Waals surface area contributed by atoms with Crippen LogP contribution in [0.15, 0.2) is 59.4 Å². The van der Waals surface area contributed by atoms with Crippen molar-refractivity contribution in [3.8, 4) is 0 Å². The van der Waals surface area contributed by atoms with Crippen LogP contribution in [0.2, 0.25) is 0 Å². The Morgan fingerprint density at radius 2 is 1.74 bits per heavy atom. The summed E-state index contributed by atoms with van der Waals surface area (Å²) in [4.78, 5) is 21.0. The molecule has 0 amide bonds. The SMILES string of the molecule is O=c1c2ccccc2nnn1OCCN1CCC(O)(c2ccccc2)CC1. The number of rotatable bonds is 5. The Hall–Kier alpha value is -2.77. The van der Waals surface area contributed by atoms with E-state index >= 15 is 0 Å². The molecule has 1 N–H and O–H groups in total. The Balaban J connectivity index is 1.32. The number of aromatic nitrogens is 3. The molecule has 2 heterocycles. The minimum absolute atomic E-state index is 0.308. The maximum atomic E-state index is 12.3. The molecule has 4 rings (SSSR count). The van der Waals surface area contributed by atoms with Gasteiger partial charge in [0.1, 0.15) is 12.1 Å². The monoisotopic (exact) mass is 366 g/mol. The van der Waals surface area contributed by atoms with Gasteiger partial charge in [0, 0.05) is 19.6 Å². The van der Waals surface area contributed by atoms with E-state index in [-0.39, 0.29) is 5.56 Å². The van der Waals surface area contributed by atoms with Crippen molar-refractivity contribution in [2.75, 3.05) is 26.2 Å². The molecule has 1 fully saturated rings. The minimum atomic E-state index is -0.765. The number of piperidine rings is 1. The lowest BCUT2D eigenvalue weighted by molar-refractivity contribution is -0.0340. The van der Waals surface area contributed by atoms with E-state index in [1.165, 1.54) is 0 Å². The molecule has 7 heteroatoms. The molecule has 27 heavy (non-hydrogen) atoms. The molecular weight excluding hydrogens is 344 g/mol. The zero-order chi connectivity index (χ0) is 18.7. The summed E-state index contributed by atoms with van der Waals surface area (Å²) in [6.45, 7) is 2.53. The fourth-order valence-electron chi connectivity index (χ4n) is 3.50.